The van der Waals surface area contributed by atoms with Gasteiger partial charge in [0.15, 0.2) is 5.82 Å². The maximum Gasteiger partial charge on any atom is 0.153 e. The molecule has 1 aromatic heterocycles. The Bertz CT molecular complexity index is 725. The summed E-state index contributed by atoms with van der Waals surface area (Å²) in [6.45, 7) is 2.61. The van der Waals surface area contributed by atoms with Gasteiger partial charge in [-0.15, -0.1) is 0 Å². The van der Waals surface area contributed by atoms with Crippen molar-refractivity contribution in [2.24, 2.45) is 0 Å². The molecule has 0 bridgehead atoms. The first-order valence-electron chi connectivity index (χ1n) is 8.36. The number of aliphatic hydroxyl groups is 1. The zero-order valence-electron chi connectivity index (χ0n) is 14.2. The number of rotatable bonds is 6. The minimum atomic E-state index is -0.467. The number of halogens is 2. The van der Waals surface area contributed by atoms with Gasteiger partial charge in [0.1, 0.15) is 11.6 Å². The van der Waals surface area contributed by atoms with Crippen LogP contribution in [-0.4, -0.2) is 57.7 Å². The monoisotopic (exact) mass is 368 g/mol. The molecule has 1 aliphatic rings. The number of aromatic nitrogens is 3. The quantitative estimate of drug-likeness (QED) is 0.847. The van der Waals surface area contributed by atoms with Crippen LogP contribution < -0.4 is 0 Å². The van der Waals surface area contributed by atoms with E-state index in [1.54, 1.807) is 23.9 Å². The predicted molar refractivity (Wildman–Crippen MR) is 92.4 cm³/mol. The maximum atomic E-state index is 13.5. The van der Waals surface area contributed by atoms with Crippen molar-refractivity contribution in [1.29, 1.82) is 0 Å². The summed E-state index contributed by atoms with van der Waals surface area (Å²) in [6, 6.07) is 4.49. The van der Waals surface area contributed by atoms with Crippen LogP contribution in [0.15, 0.2) is 18.2 Å². The second kappa shape index (κ2) is 8.23. The first-order valence-corrected chi connectivity index (χ1v) is 8.74. The number of piperidine rings is 1. The first-order chi connectivity index (χ1) is 12.1. The Hall–Kier alpha value is -1.54. The standard InChI is InChI=1S/C17H22ClFN4O2/c1-25-8-6-16-20-17(11-22-7-2-3-13(24)10-22)23(21-16)12-4-5-15(19)14(18)9-12/h4-5,9,13,24H,2-3,6-8,10-11H2,1H3/t13-/m1/s1. The van der Waals surface area contributed by atoms with Gasteiger partial charge >= 0.3 is 0 Å². The highest BCUT2D eigenvalue weighted by atomic mass is 35.5. The van der Waals surface area contributed by atoms with Gasteiger partial charge in [-0.2, -0.15) is 5.10 Å². The lowest BCUT2D eigenvalue weighted by Crippen LogP contribution is -2.38. The van der Waals surface area contributed by atoms with E-state index in [9.17, 15) is 9.50 Å². The number of nitrogens with zero attached hydrogens (tertiary/aromatic N) is 4. The average Bonchev–Trinajstić information content (AvgIpc) is 2.98. The van der Waals surface area contributed by atoms with Crippen LogP contribution >= 0.6 is 11.6 Å². The van der Waals surface area contributed by atoms with E-state index < -0.39 is 5.82 Å². The number of hydrogen-bond donors (Lipinski definition) is 1. The summed E-state index contributed by atoms with van der Waals surface area (Å²) in [5, 5.41) is 14.4. The minimum absolute atomic E-state index is 0.0470. The topological polar surface area (TPSA) is 63.4 Å². The molecule has 0 spiro atoms. The molecular weight excluding hydrogens is 347 g/mol. The zero-order valence-corrected chi connectivity index (χ0v) is 14.9. The van der Waals surface area contributed by atoms with E-state index in [1.807, 2.05) is 0 Å². The van der Waals surface area contributed by atoms with E-state index in [-0.39, 0.29) is 11.1 Å². The van der Waals surface area contributed by atoms with Gasteiger partial charge in [-0.25, -0.2) is 14.1 Å². The molecular formula is C17H22ClFN4O2. The molecule has 6 nitrogen and oxygen atoms in total. The average molecular weight is 369 g/mol. The zero-order chi connectivity index (χ0) is 17.8. The molecule has 0 radical (unpaired) electrons. The molecule has 1 atom stereocenters. The van der Waals surface area contributed by atoms with Gasteiger partial charge in [0.05, 0.1) is 30.0 Å². The summed E-state index contributed by atoms with van der Waals surface area (Å²) >= 11 is 5.92. The molecule has 0 amide bonds. The molecule has 2 aromatic rings. The number of β-amino-alcohol motifs (C(OH)–C–C–N with tert-alkyl or cyclic N) is 1. The van der Waals surface area contributed by atoms with Gasteiger partial charge in [0.2, 0.25) is 0 Å². The molecule has 8 heteroatoms. The van der Waals surface area contributed by atoms with Crippen molar-refractivity contribution >= 4 is 11.6 Å². The molecule has 3 rings (SSSR count). The molecule has 1 saturated heterocycles. The Morgan fingerprint density at radius 2 is 2.28 bits per heavy atom. The highest BCUT2D eigenvalue weighted by molar-refractivity contribution is 6.30. The highest BCUT2D eigenvalue weighted by Crippen LogP contribution is 2.21. The van der Waals surface area contributed by atoms with E-state index in [2.05, 4.69) is 15.0 Å². The minimum Gasteiger partial charge on any atom is -0.392 e. The summed E-state index contributed by atoms with van der Waals surface area (Å²) in [5.41, 5.74) is 0.662. The van der Waals surface area contributed by atoms with Crippen LogP contribution in [0, 0.1) is 5.82 Å². The van der Waals surface area contributed by atoms with Crippen molar-refractivity contribution in [3.8, 4) is 5.69 Å². The van der Waals surface area contributed by atoms with Crippen molar-refractivity contribution in [1.82, 2.24) is 19.7 Å². The Kier molecular flexibility index (Phi) is 6.01. The van der Waals surface area contributed by atoms with Crippen LogP contribution in [0.3, 0.4) is 0 Å². The number of benzene rings is 1. The van der Waals surface area contributed by atoms with E-state index in [0.29, 0.717) is 37.6 Å². The van der Waals surface area contributed by atoms with Crippen LogP contribution in [-0.2, 0) is 17.7 Å². The first kappa shape index (κ1) is 18.3. The van der Waals surface area contributed by atoms with Crippen molar-refractivity contribution in [3.05, 3.63) is 40.7 Å². The fraction of sp³-hybridized carbons (Fsp3) is 0.529. The van der Waals surface area contributed by atoms with Gasteiger partial charge in [-0.1, -0.05) is 11.6 Å². The van der Waals surface area contributed by atoms with E-state index in [4.69, 9.17) is 16.3 Å². The van der Waals surface area contributed by atoms with Crippen molar-refractivity contribution in [2.75, 3.05) is 26.8 Å². The lowest BCUT2D eigenvalue weighted by Gasteiger charge is -2.29. The van der Waals surface area contributed by atoms with Gasteiger partial charge < -0.3 is 9.84 Å². The van der Waals surface area contributed by atoms with E-state index in [1.165, 1.54) is 6.07 Å². The normalized spacial score (nSPS) is 18.6. The molecule has 1 fully saturated rings. The number of hydrogen-bond acceptors (Lipinski definition) is 5. The van der Waals surface area contributed by atoms with Crippen LogP contribution in [0.5, 0.6) is 0 Å². The number of likely N-dealkylation sites (tertiary alicyclic amines) is 1. The lowest BCUT2D eigenvalue weighted by atomic mass is 10.1. The molecule has 1 N–H and O–H groups in total. The fourth-order valence-electron chi connectivity index (χ4n) is 2.99. The van der Waals surface area contributed by atoms with Gasteiger partial charge in [-0.3, -0.25) is 4.90 Å². The summed E-state index contributed by atoms with van der Waals surface area (Å²) < 4.78 is 20.3. The molecule has 0 aliphatic carbocycles. The van der Waals surface area contributed by atoms with Crippen LogP contribution in [0.2, 0.25) is 5.02 Å². The molecule has 136 valence electrons. The third-order valence-corrected chi connectivity index (χ3v) is 4.53. The maximum absolute atomic E-state index is 13.5. The SMILES string of the molecule is COCCc1nc(CN2CCC[C@@H](O)C2)n(-c2ccc(F)c(Cl)c2)n1. The summed E-state index contributed by atoms with van der Waals surface area (Å²) in [4.78, 5) is 6.76. The van der Waals surface area contributed by atoms with Crippen molar-refractivity contribution in [2.45, 2.75) is 31.9 Å². The van der Waals surface area contributed by atoms with Gasteiger partial charge in [0, 0.05) is 20.1 Å². The molecule has 0 unspecified atom stereocenters. The summed E-state index contributed by atoms with van der Waals surface area (Å²) in [6.07, 6.45) is 2.07. The van der Waals surface area contributed by atoms with Crippen molar-refractivity contribution in [3.63, 3.8) is 0 Å². The third kappa shape index (κ3) is 4.55. The second-order valence-electron chi connectivity index (χ2n) is 6.23. The predicted octanol–water partition coefficient (Wildman–Crippen LogP) is 2.21. The number of methoxy groups -OCH3 is 1. The summed E-state index contributed by atoms with van der Waals surface area (Å²) in [5.74, 6) is 0.934. The van der Waals surface area contributed by atoms with Crippen LogP contribution in [0.25, 0.3) is 5.69 Å². The highest BCUT2D eigenvalue weighted by Gasteiger charge is 2.21. The number of aliphatic hydroxyl groups excluding tert-OH is 1. The smallest absolute Gasteiger partial charge is 0.153 e. The number of ether oxygens (including phenoxy) is 1. The third-order valence-electron chi connectivity index (χ3n) is 4.24. The largest absolute Gasteiger partial charge is 0.392 e. The van der Waals surface area contributed by atoms with Crippen molar-refractivity contribution < 1.29 is 14.2 Å². The van der Waals surface area contributed by atoms with Gasteiger partial charge in [0.25, 0.3) is 0 Å². The molecule has 2 heterocycles. The second-order valence-corrected chi connectivity index (χ2v) is 6.64. The Morgan fingerprint density at radius 1 is 1.44 bits per heavy atom. The molecule has 1 aromatic carbocycles. The van der Waals surface area contributed by atoms with Crippen LogP contribution in [0.4, 0.5) is 4.39 Å². The fourth-order valence-corrected chi connectivity index (χ4v) is 3.17. The molecule has 25 heavy (non-hydrogen) atoms. The Labute approximate surface area is 151 Å². The van der Waals surface area contributed by atoms with Crippen LogP contribution in [0.1, 0.15) is 24.5 Å². The van der Waals surface area contributed by atoms with E-state index in [0.717, 1.165) is 25.2 Å². The molecule has 0 saturated carbocycles. The van der Waals surface area contributed by atoms with E-state index >= 15 is 0 Å². The lowest BCUT2D eigenvalue weighted by molar-refractivity contribution is 0.0651. The Morgan fingerprint density at radius 3 is 3.00 bits per heavy atom. The molecule has 1 aliphatic heterocycles. The Balaban J connectivity index is 1.88. The van der Waals surface area contributed by atoms with Gasteiger partial charge in [-0.05, 0) is 37.6 Å². The summed E-state index contributed by atoms with van der Waals surface area (Å²) in [7, 11) is 1.63.